The van der Waals surface area contributed by atoms with Crippen molar-refractivity contribution in [1.29, 1.82) is 0 Å². The molecule has 1 aromatic rings. The molecule has 1 aromatic heterocycles. The summed E-state index contributed by atoms with van der Waals surface area (Å²) in [6, 6.07) is 0. The molecule has 0 aliphatic rings. The van der Waals surface area contributed by atoms with Crippen LogP contribution >= 0.6 is 0 Å². The molecule has 0 amide bonds. The molecule has 7 nitrogen and oxygen atoms in total. The van der Waals surface area contributed by atoms with Crippen molar-refractivity contribution >= 4 is 0 Å². The average Bonchev–Trinajstić information content (AvgIpc) is 2.14. The first-order valence-electron chi connectivity index (χ1n) is 1.68. The first kappa shape index (κ1) is 4.62. The number of nitrogens with zero attached hydrogens (tertiary/aromatic N) is 5. The molecule has 0 aromatic carbocycles. The molecule has 0 atom stereocenters. The van der Waals surface area contributed by atoms with Gasteiger partial charge in [0.05, 0.1) is 4.79 Å². The molecule has 1 heterocycles. The Morgan fingerprint density at radius 1 is 1.88 bits per heavy atom. The van der Waals surface area contributed by atoms with E-state index in [0.717, 1.165) is 6.33 Å². The van der Waals surface area contributed by atoms with Crippen LogP contribution < -0.4 is 4.96 Å². The summed E-state index contributed by atoms with van der Waals surface area (Å²) in [5.41, 5.74) is 0. The van der Waals surface area contributed by atoms with Crippen molar-refractivity contribution in [2.24, 2.45) is 5.29 Å². The Labute approximate surface area is 43.0 Å². The van der Waals surface area contributed by atoms with Crippen LogP contribution in [0.15, 0.2) is 11.6 Å². The lowest BCUT2D eigenvalue weighted by Gasteiger charge is -1.78. The van der Waals surface area contributed by atoms with E-state index in [1.54, 1.807) is 0 Å². The lowest BCUT2D eigenvalue weighted by Crippen LogP contribution is -2.31. The highest BCUT2D eigenvalue weighted by Crippen LogP contribution is 1.67. The van der Waals surface area contributed by atoms with E-state index < -0.39 is 0 Å². The summed E-state index contributed by atoms with van der Waals surface area (Å²) in [5.74, 6) is 0. The summed E-state index contributed by atoms with van der Waals surface area (Å²) in [6.07, 6.45) is 0.903. The third-order valence-electron chi connectivity index (χ3n) is 0.506. The van der Waals surface area contributed by atoms with Crippen LogP contribution in [0, 0.1) is 10.1 Å². The minimum atomic E-state index is -0.0125. The molecule has 0 spiro atoms. The predicted molar refractivity (Wildman–Crippen MR) is 20.2 cm³/mol. The van der Waals surface area contributed by atoms with Gasteiger partial charge in [0.1, 0.15) is 0 Å². The van der Waals surface area contributed by atoms with E-state index in [0.29, 0.717) is 4.79 Å². The fraction of sp³-hybridized carbons (Fsp3) is 0. The van der Waals surface area contributed by atoms with E-state index in [-0.39, 0.29) is 4.96 Å². The van der Waals surface area contributed by atoms with Crippen molar-refractivity contribution < 1.29 is 4.96 Å². The largest absolute Gasteiger partial charge is 0.671 e. The molecule has 0 unspecified atom stereocenters. The van der Waals surface area contributed by atoms with Gasteiger partial charge in [-0.2, -0.15) is 0 Å². The van der Waals surface area contributed by atoms with Gasteiger partial charge in [0.2, 0.25) is 0 Å². The first-order chi connectivity index (χ1) is 3.83. The van der Waals surface area contributed by atoms with Crippen molar-refractivity contribution in [3.05, 3.63) is 16.4 Å². The maximum Gasteiger partial charge on any atom is 0.281 e. The van der Waals surface area contributed by atoms with Gasteiger partial charge >= 0.3 is 0 Å². The maximum absolute atomic E-state index is 9.92. The van der Waals surface area contributed by atoms with Gasteiger partial charge in [0, 0.05) is 0 Å². The van der Waals surface area contributed by atoms with Crippen LogP contribution in [0.4, 0.5) is 0 Å². The molecule has 0 aliphatic heterocycles. The molecular weight excluding hydrogens is 114 g/mol. The zero-order chi connectivity index (χ0) is 5.98. The second-order valence-corrected chi connectivity index (χ2v) is 0.975. The fourth-order valence-electron chi connectivity index (χ4n) is 0.252. The van der Waals surface area contributed by atoms with E-state index >= 15 is 0 Å². The monoisotopic (exact) mass is 115 g/mol. The summed E-state index contributed by atoms with van der Waals surface area (Å²) in [6.45, 7) is 0. The SMILES string of the molecule is O=Nn1cn[n+]([O-])n1. The summed E-state index contributed by atoms with van der Waals surface area (Å²) < 4.78 is 0. The van der Waals surface area contributed by atoms with E-state index in [4.69, 9.17) is 0 Å². The average molecular weight is 115 g/mol. The second-order valence-electron chi connectivity index (χ2n) is 0.975. The zero-order valence-corrected chi connectivity index (χ0v) is 3.63. The number of rotatable bonds is 1. The van der Waals surface area contributed by atoms with Gasteiger partial charge < -0.3 is 5.21 Å². The predicted octanol–water partition coefficient (Wildman–Crippen LogP) is -1.56. The van der Waals surface area contributed by atoms with E-state index in [1.165, 1.54) is 0 Å². The molecule has 0 radical (unpaired) electrons. The summed E-state index contributed by atoms with van der Waals surface area (Å²) in [4.78, 5) is 9.99. The molecule has 0 N–H and O–H groups in total. The molecule has 0 fully saturated rings. The molecular formula is CHN5O2. The number of tetrazole rings is 1. The lowest BCUT2D eigenvalue weighted by molar-refractivity contribution is -0.727. The van der Waals surface area contributed by atoms with Crippen molar-refractivity contribution in [3.63, 3.8) is 0 Å². The number of nitroso groups, excluding NO2 is 1. The van der Waals surface area contributed by atoms with Crippen LogP contribution in [-0.4, -0.2) is 15.1 Å². The van der Waals surface area contributed by atoms with Gasteiger partial charge in [-0.05, 0) is 10.1 Å². The van der Waals surface area contributed by atoms with Crippen LogP contribution in [0.5, 0.6) is 0 Å². The Morgan fingerprint density at radius 3 is 2.88 bits per heavy atom. The highest BCUT2D eigenvalue weighted by atomic mass is 16.5. The molecule has 1 rings (SSSR count). The molecule has 42 valence electrons. The van der Waals surface area contributed by atoms with Crippen LogP contribution in [0.2, 0.25) is 0 Å². The van der Waals surface area contributed by atoms with Crippen LogP contribution in [0.25, 0.3) is 0 Å². The van der Waals surface area contributed by atoms with Crippen LogP contribution in [0.3, 0.4) is 0 Å². The van der Waals surface area contributed by atoms with E-state index in [9.17, 15) is 10.1 Å². The highest BCUT2D eigenvalue weighted by molar-refractivity contribution is 4.36. The minimum Gasteiger partial charge on any atom is -0.671 e. The van der Waals surface area contributed by atoms with E-state index in [2.05, 4.69) is 15.6 Å². The lowest BCUT2D eigenvalue weighted by atomic mass is 11.4. The van der Waals surface area contributed by atoms with Gasteiger partial charge in [-0.3, -0.25) is 0 Å². The highest BCUT2D eigenvalue weighted by Gasteiger charge is 1.97. The Bertz CT molecular complexity index is 192. The maximum atomic E-state index is 9.92. The first-order valence-corrected chi connectivity index (χ1v) is 1.68. The van der Waals surface area contributed by atoms with Crippen molar-refractivity contribution in [1.82, 2.24) is 15.1 Å². The standard InChI is InChI=1S/CHN5O2/c7-4-5-1-2-6(8)3-5/h1H. The summed E-state index contributed by atoms with van der Waals surface area (Å²) in [5, 5.41) is 18.1. The smallest absolute Gasteiger partial charge is 0.281 e. The second kappa shape index (κ2) is 1.52. The Balaban J connectivity index is 3.00. The van der Waals surface area contributed by atoms with E-state index in [1.807, 2.05) is 0 Å². The van der Waals surface area contributed by atoms with Crippen molar-refractivity contribution in [2.75, 3.05) is 0 Å². The molecule has 7 heteroatoms. The van der Waals surface area contributed by atoms with Crippen molar-refractivity contribution in [3.8, 4) is 0 Å². The third kappa shape index (κ3) is 0.600. The molecule has 0 aliphatic carbocycles. The molecule has 0 saturated heterocycles. The molecule has 0 saturated carbocycles. The Morgan fingerprint density at radius 2 is 2.62 bits per heavy atom. The summed E-state index contributed by atoms with van der Waals surface area (Å²) >= 11 is 0. The van der Waals surface area contributed by atoms with Crippen LogP contribution in [-0.2, 0) is 0 Å². The van der Waals surface area contributed by atoms with Gasteiger partial charge in [-0.1, -0.05) is 0 Å². The van der Waals surface area contributed by atoms with Gasteiger partial charge in [-0.25, -0.2) is 0 Å². The van der Waals surface area contributed by atoms with Crippen LogP contribution in [0.1, 0.15) is 0 Å². The molecule has 8 heavy (non-hydrogen) atoms. The van der Waals surface area contributed by atoms with Gasteiger partial charge in [-0.15, -0.1) is 4.91 Å². The fourth-order valence-corrected chi connectivity index (χ4v) is 0.252. The zero-order valence-electron chi connectivity index (χ0n) is 3.63. The number of hydrogen-bond donors (Lipinski definition) is 0. The Hall–Kier alpha value is -1.53. The number of hydrogen-bond acceptors (Lipinski definition) is 5. The topological polar surface area (TPSA) is 87.1 Å². The van der Waals surface area contributed by atoms with Gasteiger partial charge in [0.25, 0.3) is 6.33 Å². The minimum absolute atomic E-state index is 0.0125. The van der Waals surface area contributed by atoms with Gasteiger partial charge in [0.15, 0.2) is 10.5 Å². The number of aromatic nitrogens is 4. The normalized spacial score (nSPS) is 9.00. The summed E-state index contributed by atoms with van der Waals surface area (Å²) in [7, 11) is 0. The third-order valence-corrected chi connectivity index (χ3v) is 0.506. The van der Waals surface area contributed by atoms with Crippen molar-refractivity contribution in [2.45, 2.75) is 0 Å². The molecule has 0 bridgehead atoms. The quantitative estimate of drug-likeness (QED) is 0.251. The Kier molecular flexibility index (Phi) is 0.881.